The van der Waals surface area contributed by atoms with E-state index < -0.39 is 12.1 Å². The van der Waals surface area contributed by atoms with Crippen molar-refractivity contribution in [1.29, 1.82) is 0 Å². The molecule has 0 saturated carbocycles. The van der Waals surface area contributed by atoms with Crippen LogP contribution in [0.5, 0.6) is 0 Å². The SMILES string of the molecule is CCCC1=C(C)N=C(Cl)C1C(F)(F)F. The van der Waals surface area contributed by atoms with E-state index in [2.05, 4.69) is 4.99 Å². The third-order valence-electron chi connectivity index (χ3n) is 2.17. The highest BCUT2D eigenvalue weighted by atomic mass is 35.5. The highest BCUT2D eigenvalue weighted by Crippen LogP contribution is 2.41. The average Bonchev–Trinajstić information content (AvgIpc) is 2.26. The van der Waals surface area contributed by atoms with Crippen LogP contribution in [-0.4, -0.2) is 11.3 Å². The van der Waals surface area contributed by atoms with Crippen LogP contribution in [0.2, 0.25) is 0 Å². The molecule has 1 unspecified atom stereocenters. The van der Waals surface area contributed by atoms with E-state index >= 15 is 0 Å². The first-order valence-corrected chi connectivity index (χ1v) is 4.76. The van der Waals surface area contributed by atoms with E-state index in [4.69, 9.17) is 11.6 Å². The van der Waals surface area contributed by atoms with Gasteiger partial charge in [0.1, 0.15) is 11.1 Å². The van der Waals surface area contributed by atoms with Gasteiger partial charge >= 0.3 is 6.18 Å². The second kappa shape index (κ2) is 3.93. The molecule has 0 aliphatic carbocycles. The van der Waals surface area contributed by atoms with Crippen molar-refractivity contribution in [3.8, 4) is 0 Å². The molecule has 80 valence electrons. The number of hydrogen-bond donors (Lipinski definition) is 0. The zero-order valence-corrected chi connectivity index (χ0v) is 8.71. The first-order chi connectivity index (χ1) is 6.38. The first-order valence-electron chi connectivity index (χ1n) is 4.38. The Kier molecular flexibility index (Phi) is 3.24. The molecule has 0 fully saturated rings. The van der Waals surface area contributed by atoms with Crippen LogP contribution in [0, 0.1) is 5.92 Å². The monoisotopic (exact) mass is 225 g/mol. The average molecular weight is 226 g/mol. The van der Waals surface area contributed by atoms with Gasteiger partial charge < -0.3 is 0 Å². The number of aliphatic imine (C=N–C) groups is 1. The molecule has 1 nitrogen and oxygen atoms in total. The summed E-state index contributed by atoms with van der Waals surface area (Å²) in [5, 5.41) is -0.349. The molecule has 5 heteroatoms. The van der Waals surface area contributed by atoms with Gasteiger partial charge in [-0.15, -0.1) is 0 Å². The molecule has 0 amide bonds. The first kappa shape index (κ1) is 11.6. The summed E-state index contributed by atoms with van der Waals surface area (Å²) in [4.78, 5) is 3.68. The zero-order chi connectivity index (χ0) is 10.9. The third kappa shape index (κ3) is 2.11. The van der Waals surface area contributed by atoms with Gasteiger partial charge in [0.25, 0.3) is 0 Å². The van der Waals surface area contributed by atoms with Gasteiger partial charge in [-0.25, -0.2) is 4.99 Å². The van der Waals surface area contributed by atoms with E-state index in [1.54, 1.807) is 6.92 Å². The predicted octanol–water partition coefficient (Wildman–Crippen LogP) is 3.89. The molecule has 0 aromatic rings. The highest BCUT2D eigenvalue weighted by Gasteiger charge is 2.47. The molecule has 1 heterocycles. The van der Waals surface area contributed by atoms with Gasteiger partial charge in [0.05, 0.1) is 0 Å². The van der Waals surface area contributed by atoms with Crippen molar-refractivity contribution >= 4 is 16.8 Å². The van der Waals surface area contributed by atoms with E-state index in [1.807, 2.05) is 6.92 Å². The molecular formula is C9H11ClF3N. The van der Waals surface area contributed by atoms with E-state index in [0.717, 1.165) is 0 Å². The van der Waals surface area contributed by atoms with Crippen molar-refractivity contribution in [2.75, 3.05) is 0 Å². The van der Waals surface area contributed by atoms with Gasteiger partial charge in [-0.05, 0) is 18.9 Å². The van der Waals surface area contributed by atoms with Gasteiger partial charge in [-0.3, -0.25) is 0 Å². The number of alkyl halides is 3. The van der Waals surface area contributed by atoms with Crippen LogP contribution < -0.4 is 0 Å². The molecule has 1 aliphatic rings. The Morgan fingerprint density at radius 1 is 1.43 bits per heavy atom. The molecule has 0 radical (unpaired) electrons. The van der Waals surface area contributed by atoms with Gasteiger partial charge in [0.15, 0.2) is 0 Å². The largest absolute Gasteiger partial charge is 0.401 e. The number of nitrogens with zero attached hydrogens (tertiary/aromatic N) is 1. The summed E-state index contributed by atoms with van der Waals surface area (Å²) < 4.78 is 37.7. The Hall–Kier alpha value is -0.510. The molecule has 0 spiro atoms. The number of halogens is 4. The molecule has 0 N–H and O–H groups in total. The maximum absolute atomic E-state index is 12.6. The summed E-state index contributed by atoms with van der Waals surface area (Å²) in [6.45, 7) is 3.40. The fourth-order valence-corrected chi connectivity index (χ4v) is 1.96. The van der Waals surface area contributed by atoms with Crippen LogP contribution in [0.15, 0.2) is 16.3 Å². The summed E-state index contributed by atoms with van der Waals surface area (Å²) >= 11 is 5.48. The van der Waals surface area contributed by atoms with Crippen molar-refractivity contribution in [2.24, 2.45) is 10.9 Å². The molecule has 1 aliphatic heterocycles. The maximum atomic E-state index is 12.6. The lowest BCUT2D eigenvalue weighted by molar-refractivity contribution is -0.145. The van der Waals surface area contributed by atoms with Crippen LogP contribution in [-0.2, 0) is 0 Å². The normalized spacial score (nSPS) is 23.0. The quantitative estimate of drug-likeness (QED) is 0.676. The fourth-order valence-electron chi connectivity index (χ4n) is 1.58. The number of allylic oxidation sites excluding steroid dienone is 2. The molecular weight excluding hydrogens is 215 g/mol. The zero-order valence-electron chi connectivity index (χ0n) is 7.95. The highest BCUT2D eigenvalue weighted by molar-refractivity contribution is 6.66. The summed E-state index contributed by atoms with van der Waals surface area (Å²) in [7, 11) is 0. The molecule has 1 rings (SSSR count). The smallest absolute Gasteiger partial charge is 0.245 e. The third-order valence-corrected chi connectivity index (χ3v) is 2.48. The van der Waals surface area contributed by atoms with E-state index in [9.17, 15) is 13.2 Å². The van der Waals surface area contributed by atoms with E-state index in [1.165, 1.54) is 0 Å². The van der Waals surface area contributed by atoms with Crippen molar-refractivity contribution in [1.82, 2.24) is 0 Å². The van der Waals surface area contributed by atoms with Gasteiger partial charge in [0, 0.05) is 5.70 Å². The Bertz CT molecular complexity index is 291. The predicted molar refractivity (Wildman–Crippen MR) is 50.4 cm³/mol. The van der Waals surface area contributed by atoms with Crippen molar-refractivity contribution in [3.63, 3.8) is 0 Å². The number of rotatable bonds is 2. The minimum atomic E-state index is -4.32. The topological polar surface area (TPSA) is 12.4 Å². The van der Waals surface area contributed by atoms with Crippen LogP contribution in [0.1, 0.15) is 26.7 Å². The number of hydrogen-bond acceptors (Lipinski definition) is 1. The van der Waals surface area contributed by atoms with Gasteiger partial charge in [-0.1, -0.05) is 24.9 Å². The lowest BCUT2D eigenvalue weighted by Gasteiger charge is -2.17. The molecule has 0 saturated heterocycles. The molecule has 1 atom stereocenters. The molecule has 14 heavy (non-hydrogen) atoms. The Labute approximate surface area is 85.7 Å². The van der Waals surface area contributed by atoms with Gasteiger partial charge in [-0.2, -0.15) is 13.2 Å². The minimum absolute atomic E-state index is 0.310. The summed E-state index contributed by atoms with van der Waals surface area (Å²) in [5.41, 5.74) is 0.726. The van der Waals surface area contributed by atoms with Gasteiger partial charge in [0.2, 0.25) is 0 Å². The summed E-state index contributed by atoms with van der Waals surface area (Å²) in [6.07, 6.45) is -3.25. The van der Waals surface area contributed by atoms with E-state index in [-0.39, 0.29) is 5.17 Å². The molecule has 0 bridgehead atoms. The van der Waals surface area contributed by atoms with Crippen LogP contribution in [0.4, 0.5) is 13.2 Å². The van der Waals surface area contributed by atoms with Crippen LogP contribution >= 0.6 is 11.6 Å². The summed E-state index contributed by atoms with van der Waals surface area (Å²) in [5.74, 6) is -1.66. The second-order valence-corrected chi connectivity index (χ2v) is 3.66. The van der Waals surface area contributed by atoms with Crippen LogP contribution in [0.3, 0.4) is 0 Å². The minimum Gasteiger partial charge on any atom is -0.245 e. The van der Waals surface area contributed by atoms with Crippen LogP contribution in [0.25, 0.3) is 0 Å². The fraction of sp³-hybridized carbons (Fsp3) is 0.667. The molecule has 0 aromatic carbocycles. The maximum Gasteiger partial charge on any atom is 0.401 e. The Morgan fingerprint density at radius 3 is 2.43 bits per heavy atom. The Morgan fingerprint density at radius 2 is 2.00 bits per heavy atom. The molecule has 0 aromatic heterocycles. The standard InChI is InChI=1S/C9H11ClF3N/c1-3-4-6-5(2)14-8(10)7(6)9(11,12)13/h7H,3-4H2,1-2H3. The summed E-state index contributed by atoms with van der Waals surface area (Å²) in [6, 6.07) is 0. The second-order valence-electron chi connectivity index (χ2n) is 3.27. The Balaban J connectivity index is 2.99. The van der Waals surface area contributed by atoms with E-state index in [0.29, 0.717) is 24.1 Å². The lowest BCUT2D eigenvalue weighted by Crippen LogP contribution is -2.27. The van der Waals surface area contributed by atoms with Crippen molar-refractivity contribution in [2.45, 2.75) is 32.9 Å². The van der Waals surface area contributed by atoms with Crippen molar-refractivity contribution in [3.05, 3.63) is 11.3 Å². The lowest BCUT2D eigenvalue weighted by atomic mass is 9.96. The van der Waals surface area contributed by atoms with Crippen molar-refractivity contribution < 1.29 is 13.2 Å².